The molecule has 1 aromatic heterocycles. The maximum Gasteiger partial charge on any atom is 0.309 e. The SMILES string of the molecule is CC[C@@H](C)C(=O)O[C@@H]1[C@@H](O)[C@H](O)[C@@H](CO)O[C@H]1c1c(O)cc(O)c2c(=O)cc(-c3ccc(O)c(O)c3)oc12. The molecular formula is C26H28O12. The largest absolute Gasteiger partial charge is 0.507 e. The Balaban J connectivity index is 1.96. The molecule has 6 atom stereocenters. The third-order valence-corrected chi connectivity index (χ3v) is 6.68. The van der Waals surface area contributed by atoms with E-state index >= 15 is 0 Å². The molecule has 2 heterocycles. The molecule has 0 saturated carbocycles. The Morgan fingerprint density at radius 2 is 1.71 bits per heavy atom. The van der Waals surface area contributed by atoms with Gasteiger partial charge in [0.1, 0.15) is 47.1 Å². The Kier molecular flexibility index (Phi) is 7.51. The minimum atomic E-state index is -1.77. The second-order valence-electron chi connectivity index (χ2n) is 9.18. The van der Waals surface area contributed by atoms with Crippen LogP contribution in [0.3, 0.4) is 0 Å². The number of hydrogen-bond acceptors (Lipinski definition) is 12. The average molecular weight is 532 g/mol. The van der Waals surface area contributed by atoms with Gasteiger partial charge in [0, 0.05) is 17.7 Å². The van der Waals surface area contributed by atoms with E-state index in [2.05, 4.69) is 0 Å². The second kappa shape index (κ2) is 10.5. The van der Waals surface area contributed by atoms with E-state index in [1.54, 1.807) is 13.8 Å². The molecule has 1 fully saturated rings. The molecule has 204 valence electrons. The number of aliphatic hydroxyl groups excluding tert-OH is 3. The number of phenols is 4. The van der Waals surface area contributed by atoms with Gasteiger partial charge in [-0.15, -0.1) is 0 Å². The second-order valence-corrected chi connectivity index (χ2v) is 9.18. The summed E-state index contributed by atoms with van der Waals surface area (Å²) >= 11 is 0. The zero-order chi connectivity index (χ0) is 27.9. The van der Waals surface area contributed by atoms with E-state index in [4.69, 9.17) is 13.9 Å². The molecule has 12 heteroatoms. The van der Waals surface area contributed by atoms with E-state index in [0.717, 1.165) is 24.3 Å². The van der Waals surface area contributed by atoms with Crippen LogP contribution in [-0.4, -0.2) is 72.7 Å². The van der Waals surface area contributed by atoms with Crippen molar-refractivity contribution in [3.8, 4) is 34.3 Å². The first kappa shape index (κ1) is 27.2. The Morgan fingerprint density at radius 3 is 2.34 bits per heavy atom. The van der Waals surface area contributed by atoms with Crippen LogP contribution in [0.1, 0.15) is 31.9 Å². The van der Waals surface area contributed by atoms with E-state index in [0.29, 0.717) is 6.42 Å². The van der Waals surface area contributed by atoms with Crippen molar-refractivity contribution in [3.63, 3.8) is 0 Å². The van der Waals surface area contributed by atoms with Crippen LogP contribution in [0.2, 0.25) is 0 Å². The summed E-state index contributed by atoms with van der Waals surface area (Å²) in [5, 5.41) is 71.5. The first-order valence-electron chi connectivity index (χ1n) is 11.9. The summed E-state index contributed by atoms with van der Waals surface area (Å²) in [5.74, 6) is -3.67. The van der Waals surface area contributed by atoms with Gasteiger partial charge in [0.05, 0.1) is 18.1 Å². The van der Waals surface area contributed by atoms with Crippen molar-refractivity contribution in [1.29, 1.82) is 0 Å². The third kappa shape index (κ3) is 4.74. The van der Waals surface area contributed by atoms with E-state index in [1.807, 2.05) is 0 Å². The lowest BCUT2D eigenvalue weighted by molar-refractivity contribution is -0.242. The van der Waals surface area contributed by atoms with Crippen LogP contribution in [0.15, 0.2) is 39.5 Å². The van der Waals surface area contributed by atoms with Gasteiger partial charge in [-0.2, -0.15) is 0 Å². The van der Waals surface area contributed by atoms with Crippen LogP contribution in [-0.2, 0) is 14.3 Å². The van der Waals surface area contributed by atoms with Gasteiger partial charge in [-0.25, -0.2) is 0 Å². The number of carbonyl (C=O) groups excluding carboxylic acids is 1. The maximum absolute atomic E-state index is 13.0. The number of rotatable bonds is 6. The van der Waals surface area contributed by atoms with Crippen molar-refractivity contribution in [3.05, 3.63) is 46.1 Å². The molecule has 7 N–H and O–H groups in total. The molecule has 1 saturated heterocycles. The lowest BCUT2D eigenvalue weighted by atomic mass is 9.89. The topological polar surface area (TPSA) is 207 Å². The van der Waals surface area contributed by atoms with Crippen molar-refractivity contribution in [2.45, 2.75) is 50.8 Å². The summed E-state index contributed by atoms with van der Waals surface area (Å²) in [6, 6.07) is 5.50. The summed E-state index contributed by atoms with van der Waals surface area (Å²) in [6.45, 7) is 2.58. The minimum absolute atomic E-state index is 0.132. The van der Waals surface area contributed by atoms with E-state index in [1.165, 1.54) is 6.07 Å². The van der Waals surface area contributed by atoms with Gasteiger partial charge in [0.2, 0.25) is 0 Å². The van der Waals surface area contributed by atoms with Crippen molar-refractivity contribution in [2.24, 2.45) is 5.92 Å². The molecular weight excluding hydrogens is 504 g/mol. The Labute approximate surface area is 215 Å². The monoisotopic (exact) mass is 532 g/mol. The first-order chi connectivity index (χ1) is 18.0. The number of benzene rings is 2. The van der Waals surface area contributed by atoms with Gasteiger partial charge in [0.25, 0.3) is 0 Å². The van der Waals surface area contributed by atoms with Crippen LogP contribution < -0.4 is 5.43 Å². The van der Waals surface area contributed by atoms with E-state index in [9.17, 15) is 45.3 Å². The summed E-state index contributed by atoms with van der Waals surface area (Å²) < 4.78 is 17.1. The smallest absolute Gasteiger partial charge is 0.309 e. The predicted octanol–water partition coefficient (Wildman–Crippen LogP) is 1.39. The number of carbonyl (C=O) groups is 1. The van der Waals surface area contributed by atoms with Crippen LogP contribution in [0.25, 0.3) is 22.3 Å². The minimum Gasteiger partial charge on any atom is -0.507 e. The van der Waals surface area contributed by atoms with Gasteiger partial charge in [-0.1, -0.05) is 13.8 Å². The Bertz CT molecular complexity index is 1410. The number of aliphatic hydroxyl groups is 3. The van der Waals surface area contributed by atoms with Gasteiger partial charge in [-0.05, 0) is 24.6 Å². The molecule has 12 nitrogen and oxygen atoms in total. The predicted molar refractivity (Wildman–Crippen MR) is 131 cm³/mol. The van der Waals surface area contributed by atoms with Crippen molar-refractivity contribution < 1.29 is 54.4 Å². The van der Waals surface area contributed by atoms with Crippen LogP contribution in [0.5, 0.6) is 23.0 Å². The molecule has 0 unspecified atom stereocenters. The fraction of sp³-hybridized carbons (Fsp3) is 0.385. The third-order valence-electron chi connectivity index (χ3n) is 6.68. The highest BCUT2D eigenvalue weighted by Gasteiger charge is 2.49. The molecule has 0 amide bonds. The molecule has 2 aromatic carbocycles. The van der Waals surface area contributed by atoms with E-state index < -0.39 is 83.0 Å². The van der Waals surface area contributed by atoms with E-state index in [-0.39, 0.29) is 22.3 Å². The normalized spacial score (nSPS) is 24.3. The molecule has 4 rings (SSSR count). The van der Waals surface area contributed by atoms with Crippen molar-refractivity contribution in [2.75, 3.05) is 6.61 Å². The highest BCUT2D eigenvalue weighted by atomic mass is 16.6. The number of phenolic OH excluding ortho intramolecular Hbond substituents is 4. The molecule has 38 heavy (non-hydrogen) atoms. The van der Waals surface area contributed by atoms with Crippen molar-refractivity contribution >= 4 is 16.9 Å². The summed E-state index contributed by atoms with van der Waals surface area (Å²) in [5.41, 5.74) is -1.30. The number of ether oxygens (including phenoxy) is 2. The standard InChI is InChI=1S/C26H28O12/c1-3-10(2)26(35)38-25-22(34)21(33)18(9-27)37-24(25)20-15(31)7-14(30)19-16(32)8-17(36-23(19)20)11-4-5-12(28)13(29)6-11/h4-8,10,18,21-22,24-25,27-31,33-34H,3,9H2,1-2H3/t10-,18-,21-,22+,24+,25-/m1/s1. The fourth-order valence-electron chi connectivity index (χ4n) is 4.29. The lowest BCUT2D eigenvalue weighted by Crippen LogP contribution is -2.56. The summed E-state index contributed by atoms with van der Waals surface area (Å²) in [4.78, 5) is 25.7. The summed E-state index contributed by atoms with van der Waals surface area (Å²) in [7, 11) is 0. The lowest BCUT2D eigenvalue weighted by Gasteiger charge is -2.42. The quantitative estimate of drug-likeness (QED) is 0.178. The molecule has 0 spiro atoms. The molecule has 3 aromatic rings. The molecule has 0 bridgehead atoms. The van der Waals surface area contributed by atoms with Gasteiger partial charge in [0.15, 0.2) is 28.6 Å². The van der Waals surface area contributed by atoms with Crippen LogP contribution in [0, 0.1) is 5.92 Å². The van der Waals surface area contributed by atoms with Crippen LogP contribution in [0.4, 0.5) is 0 Å². The Morgan fingerprint density at radius 1 is 1.00 bits per heavy atom. The molecule has 0 aliphatic carbocycles. The summed E-state index contributed by atoms with van der Waals surface area (Å²) in [6.07, 6.45) is -7.58. The number of fused-ring (bicyclic) bond motifs is 1. The fourth-order valence-corrected chi connectivity index (χ4v) is 4.29. The first-order valence-corrected chi connectivity index (χ1v) is 11.9. The molecule has 0 radical (unpaired) electrons. The number of esters is 1. The van der Waals surface area contributed by atoms with Gasteiger partial charge < -0.3 is 49.6 Å². The average Bonchev–Trinajstić information content (AvgIpc) is 2.88. The van der Waals surface area contributed by atoms with Gasteiger partial charge in [-0.3, -0.25) is 9.59 Å². The Hall–Kier alpha value is -3.84. The zero-order valence-corrected chi connectivity index (χ0v) is 20.4. The number of hydrogen-bond donors (Lipinski definition) is 7. The van der Waals surface area contributed by atoms with Gasteiger partial charge >= 0.3 is 5.97 Å². The van der Waals surface area contributed by atoms with Crippen molar-refractivity contribution in [1.82, 2.24) is 0 Å². The highest BCUT2D eigenvalue weighted by Crippen LogP contribution is 2.45. The zero-order valence-electron chi connectivity index (χ0n) is 20.4. The molecule has 1 aliphatic rings. The number of aromatic hydroxyl groups is 4. The highest BCUT2D eigenvalue weighted by molar-refractivity contribution is 5.89. The maximum atomic E-state index is 13.0. The van der Waals surface area contributed by atoms with Crippen LogP contribution >= 0.6 is 0 Å². The molecule has 1 aliphatic heterocycles.